The third-order valence-corrected chi connectivity index (χ3v) is 6.47. The molecule has 9 nitrogen and oxygen atoms in total. The zero-order valence-electron chi connectivity index (χ0n) is 16.4. The minimum absolute atomic E-state index is 0.0313. The first kappa shape index (κ1) is 20.1. The molecule has 3 aromatic rings. The van der Waals surface area contributed by atoms with Gasteiger partial charge >= 0.3 is 5.82 Å². The van der Waals surface area contributed by atoms with E-state index in [1.165, 1.54) is 12.3 Å². The summed E-state index contributed by atoms with van der Waals surface area (Å²) < 4.78 is 24.1. The average Bonchev–Trinajstić information content (AvgIpc) is 3.20. The van der Waals surface area contributed by atoms with Gasteiger partial charge in [0.15, 0.2) is 9.84 Å². The highest BCUT2D eigenvalue weighted by Gasteiger charge is 2.30. The Morgan fingerprint density at radius 3 is 2.50 bits per heavy atom. The molecular formula is C20H21N5O4S. The van der Waals surface area contributed by atoms with Crippen molar-refractivity contribution in [3.05, 3.63) is 52.6 Å². The van der Waals surface area contributed by atoms with Gasteiger partial charge < -0.3 is 10.1 Å². The maximum Gasteiger partial charge on any atom is 0.344 e. The van der Waals surface area contributed by atoms with E-state index in [2.05, 4.69) is 19.9 Å². The fourth-order valence-corrected chi connectivity index (χ4v) is 4.45. The Bertz CT molecular complexity index is 1190. The standard InChI is InChI=1S/C20H21N5O4S/c1-30(28,29)15-11-16(13-7-9-21-10-8-13)18(22-12-15)19-23-17(20(24-19)25(26)27)14-5-3-2-4-6-14/h7-12,14H,2-6H2,1H3,(H,23,24). The maximum absolute atomic E-state index is 12.1. The number of nitrogens with one attached hydrogen (secondary N) is 1. The van der Waals surface area contributed by atoms with Gasteiger partial charge in [-0.1, -0.05) is 19.3 Å². The van der Waals surface area contributed by atoms with Crippen molar-refractivity contribution in [1.29, 1.82) is 0 Å². The molecule has 0 unspecified atom stereocenters. The molecule has 0 saturated heterocycles. The van der Waals surface area contributed by atoms with E-state index in [0.29, 0.717) is 22.5 Å². The van der Waals surface area contributed by atoms with Crippen LogP contribution in [0.5, 0.6) is 0 Å². The number of aromatic amines is 1. The van der Waals surface area contributed by atoms with E-state index in [4.69, 9.17) is 0 Å². The van der Waals surface area contributed by atoms with Crippen LogP contribution in [0.25, 0.3) is 22.6 Å². The number of sulfone groups is 1. The highest BCUT2D eigenvalue weighted by molar-refractivity contribution is 7.90. The van der Waals surface area contributed by atoms with Crippen molar-refractivity contribution in [2.24, 2.45) is 0 Å². The summed E-state index contributed by atoms with van der Waals surface area (Å²) >= 11 is 0. The highest BCUT2D eigenvalue weighted by atomic mass is 32.2. The molecule has 1 aliphatic carbocycles. The molecule has 30 heavy (non-hydrogen) atoms. The van der Waals surface area contributed by atoms with Crippen LogP contribution in [0.2, 0.25) is 0 Å². The van der Waals surface area contributed by atoms with Crippen LogP contribution in [0.1, 0.15) is 43.7 Å². The first-order valence-electron chi connectivity index (χ1n) is 9.70. The molecule has 0 aliphatic heterocycles. The fourth-order valence-electron chi connectivity index (χ4n) is 3.88. The molecule has 1 N–H and O–H groups in total. The van der Waals surface area contributed by atoms with Crippen molar-refractivity contribution in [2.75, 3.05) is 6.26 Å². The van der Waals surface area contributed by atoms with E-state index in [9.17, 15) is 18.5 Å². The lowest BCUT2D eigenvalue weighted by Crippen LogP contribution is -2.07. The first-order valence-corrected chi connectivity index (χ1v) is 11.6. The number of nitrogens with zero attached hydrogens (tertiary/aromatic N) is 4. The molecule has 3 heterocycles. The molecule has 0 radical (unpaired) electrons. The summed E-state index contributed by atoms with van der Waals surface area (Å²) in [5.41, 5.74) is 2.01. The second-order valence-electron chi connectivity index (χ2n) is 7.49. The van der Waals surface area contributed by atoms with Crippen molar-refractivity contribution in [2.45, 2.75) is 42.9 Å². The molecule has 3 aromatic heterocycles. The van der Waals surface area contributed by atoms with Crippen LogP contribution in [0.15, 0.2) is 41.7 Å². The van der Waals surface area contributed by atoms with Crippen molar-refractivity contribution >= 4 is 15.7 Å². The first-order chi connectivity index (χ1) is 14.3. The number of nitro groups is 1. The second kappa shape index (κ2) is 7.94. The van der Waals surface area contributed by atoms with E-state index in [1.807, 2.05) is 0 Å². The molecule has 4 rings (SSSR count). The third kappa shape index (κ3) is 3.95. The summed E-state index contributed by atoms with van der Waals surface area (Å²) in [6, 6.07) is 4.97. The molecule has 0 amide bonds. The van der Waals surface area contributed by atoms with Crippen LogP contribution >= 0.6 is 0 Å². The number of aromatic nitrogens is 4. The summed E-state index contributed by atoms with van der Waals surface area (Å²) in [5, 5.41) is 11.7. The zero-order valence-corrected chi connectivity index (χ0v) is 17.2. The molecule has 1 saturated carbocycles. The van der Waals surface area contributed by atoms with Gasteiger partial charge in [-0.2, -0.15) is 0 Å². The Morgan fingerprint density at radius 2 is 1.87 bits per heavy atom. The number of pyridine rings is 2. The van der Waals surface area contributed by atoms with Gasteiger partial charge in [0.1, 0.15) is 11.4 Å². The normalized spacial score (nSPS) is 15.2. The van der Waals surface area contributed by atoms with E-state index < -0.39 is 14.8 Å². The number of imidazole rings is 1. The Kier molecular flexibility index (Phi) is 5.33. The highest BCUT2D eigenvalue weighted by Crippen LogP contribution is 2.39. The summed E-state index contributed by atoms with van der Waals surface area (Å²) in [4.78, 5) is 27.0. The largest absolute Gasteiger partial charge is 0.358 e. The number of hydrogen-bond donors (Lipinski definition) is 1. The molecule has 0 atom stereocenters. The smallest absolute Gasteiger partial charge is 0.344 e. The Morgan fingerprint density at radius 1 is 1.17 bits per heavy atom. The van der Waals surface area contributed by atoms with Crippen LogP contribution in [0, 0.1) is 10.1 Å². The fraction of sp³-hybridized carbons (Fsp3) is 0.350. The molecular weight excluding hydrogens is 406 g/mol. The molecule has 0 bridgehead atoms. The van der Waals surface area contributed by atoms with Gasteiger partial charge in [-0.15, -0.1) is 0 Å². The average molecular weight is 427 g/mol. The van der Waals surface area contributed by atoms with Gasteiger partial charge in [0, 0.05) is 36.3 Å². The van der Waals surface area contributed by atoms with Gasteiger partial charge in [-0.05, 0) is 41.5 Å². The topological polar surface area (TPSA) is 132 Å². The summed E-state index contributed by atoms with van der Waals surface area (Å²) in [7, 11) is -3.48. The predicted molar refractivity (Wildman–Crippen MR) is 111 cm³/mol. The van der Waals surface area contributed by atoms with Crippen LogP contribution in [-0.4, -0.2) is 39.5 Å². The van der Waals surface area contributed by atoms with Crippen LogP contribution in [0.4, 0.5) is 5.82 Å². The van der Waals surface area contributed by atoms with Gasteiger partial charge in [0.05, 0.1) is 4.90 Å². The molecule has 1 aliphatic rings. The van der Waals surface area contributed by atoms with Crippen LogP contribution in [0.3, 0.4) is 0 Å². The molecule has 156 valence electrons. The minimum Gasteiger partial charge on any atom is -0.358 e. The van der Waals surface area contributed by atoms with Gasteiger partial charge in [-0.3, -0.25) is 4.98 Å². The van der Waals surface area contributed by atoms with E-state index >= 15 is 0 Å². The second-order valence-corrected chi connectivity index (χ2v) is 9.50. The van der Waals surface area contributed by atoms with Crippen molar-refractivity contribution in [3.8, 4) is 22.6 Å². The zero-order chi connectivity index (χ0) is 21.3. The van der Waals surface area contributed by atoms with Crippen LogP contribution in [-0.2, 0) is 9.84 Å². The molecule has 0 spiro atoms. The minimum atomic E-state index is -3.48. The molecule has 1 fully saturated rings. The van der Waals surface area contributed by atoms with Crippen molar-refractivity contribution in [3.63, 3.8) is 0 Å². The molecule has 0 aromatic carbocycles. The van der Waals surface area contributed by atoms with E-state index in [0.717, 1.165) is 38.4 Å². The molecule has 10 heteroatoms. The van der Waals surface area contributed by atoms with E-state index in [1.54, 1.807) is 24.5 Å². The van der Waals surface area contributed by atoms with Crippen LogP contribution < -0.4 is 0 Å². The van der Waals surface area contributed by atoms with Gasteiger partial charge in [0.2, 0.25) is 5.82 Å². The summed E-state index contributed by atoms with van der Waals surface area (Å²) in [6.45, 7) is 0. The number of H-pyrrole nitrogens is 1. The lowest BCUT2D eigenvalue weighted by Gasteiger charge is -2.19. The lowest BCUT2D eigenvalue weighted by molar-refractivity contribution is -0.390. The quantitative estimate of drug-likeness (QED) is 0.482. The van der Waals surface area contributed by atoms with Crippen molar-refractivity contribution < 1.29 is 13.3 Å². The summed E-state index contributed by atoms with van der Waals surface area (Å²) in [6.07, 6.45) is 10.4. The Balaban J connectivity index is 1.89. The number of hydrogen-bond acceptors (Lipinski definition) is 7. The van der Waals surface area contributed by atoms with Gasteiger partial charge in [0.25, 0.3) is 0 Å². The Labute approximate surface area is 173 Å². The number of rotatable bonds is 5. The lowest BCUT2D eigenvalue weighted by atomic mass is 9.87. The maximum atomic E-state index is 12.1. The monoisotopic (exact) mass is 427 g/mol. The van der Waals surface area contributed by atoms with Crippen molar-refractivity contribution in [1.82, 2.24) is 19.9 Å². The summed E-state index contributed by atoms with van der Waals surface area (Å²) in [5.74, 6) is 0.171. The SMILES string of the molecule is CS(=O)(=O)c1cnc(-c2nc(C3CCCCC3)c([N+](=O)[O-])[nH]2)c(-c2ccncc2)c1. The Hall–Kier alpha value is -3.14. The third-order valence-electron chi connectivity index (χ3n) is 5.39. The van der Waals surface area contributed by atoms with E-state index in [-0.39, 0.29) is 22.5 Å². The predicted octanol–water partition coefficient (Wildman–Crippen LogP) is 3.89. The van der Waals surface area contributed by atoms with Gasteiger partial charge in [-0.25, -0.2) is 23.4 Å².